The van der Waals surface area contributed by atoms with Crippen LogP contribution in [0.4, 0.5) is 4.39 Å². The third kappa shape index (κ3) is 4.04. The third-order valence-electron chi connectivity index (χ3n) is 1.55. The van der Waals surface area contributed by atoms with Crippen LogP contribution in [0.25, 0.3) is 0 Å². The second kappa shape index (κ2) is 5.54. The van der Waals surface area contributed by atoms with Crippen LogP contribution in [0.1, 0.15) is 0 Å². The number of benzene rings is 1. The Morgan fingerprint density at radius 1 is 1.53 bits per heavy atom. The van der Waals surface area contributed by atoms with E-state index in [1.54, 1.807) is 0 Å². The zero-order chi connectivity index (χ0) is 13.1. The Balaban J connectivity index is 2.86. The summed E-state index contributed by atoms with van der Waals surface area (Å²) < 4.78 is 36.6. The monoisotopic (exact) mass is 327 g/mol. The molecular weight excluding hydrogens is 321 g/mol. The first-order valence-electron chi connectivity index (χ1n) is 4.13. The molecular formula is C8H7BrFNO5S. The van der Waals surface area contributed by atoms with Gasteiger partial charge in [-0.3, -0.25) is 4.84 Å². The zero-order valence-corrected chi connectivity index (χ0v) is 10.6. The molecule has 0 atom stereocenters. The average Bonchev–Trinajstić information content (AvgIpc) is 2.15. The van der Waals surface area contributed by atoms with E-state index in [0.29, 0.717) is 4.47 Å². The molecule has 0 heterocycles. The quantitative estimate of drug-likeness (QED) is 0.783. The molecule has 0 fully saturated rings. The van der Waals surface area contributed by atoms with E-state index in [4.69, 9.17) is 5.11 Å². The summed E-state index contributed by atoms with van der Waals surface area (Å²) in [5.74, 6) is -2.34. The fourth-order valence-electron chi connectivity index (χ4n) is 0.907. The lowest BCUT2D eigenvalue weighted by molar-refractivity contribution is -0.143. The number of sulfonamides is 1. The highest BCUT2D eigenvalue weighted by Gasteiger charge is 2.19. The maximum atomic E-state index is 13.3. The lowest BCUT2D eigenvalue weighted by atomic mass is 10.3. The summed E-state index contributed by atoms with van der Waals surface area (Å²) >= 11 is 2.97. The van der Waals surface area contributed by atoms with E-state index >= 15 is 0 Å². The molecule has 0 aromatic heterocycles. The van der Waals surface area contributed by atoms with Crippen LogP contribution in [0, 0.1) is 5.82 Å². The van der Waals surface area contributed by atoms with Crippen molar-refractivity contribution >= 4 is 31.9 Å². The fraction of sp³-hybridized carbons (Fsp3) is 0.125. The number of aliphatic carboxylic acids is 1. The molecule has 0 unspecified atom stereocenters. The van der Waals surface area contributed by atoms with E-state index in [-0.39, 0.29) is 0 Å². The van der Waals surface area contributed by atoms with E-state index < -0.39 is 33.3 Å². The summed E-state index contributed by atoms with van der Waals surface area (Å²) in [6.45, 7) is -0.864. The van der Waals surface area contributed by atoms with Crippen molar-refractivity contribution in [1.29, 1.82) is 0 Å². The van der Waals surface area contributed by atoms with E-state index in [9.17, 15) is 17.6 Å². The SMILES string of the molecule is O=C(O)CONS(=O)(=O)c1ccc(Br)cc1F. The van der Waals surface area contributed by atoms with Gasteiger partial charge in [0.15, 0.2) is 6.61 Å². The number of rotatable bonds is 5. The van der Waals surface area contributed by atoms with Crippen molar-refractivity contribution in [3.63, 3.8) is 0 Å². The van der Waals surface area contributed by atoms with Crippen LogP contribution in [-0.4, -0.2) is 26.1 Å². The van der Waals surface area contributed by atoms with Crippen molar-refractivity contribution in [2.24, 2.45) is 0 Å². The number of carboxylic acids is 1. The van der Waals surface area contributed by atoms with E-state index in [2.05, 4.69) is 20.8 Å². The van der Waals surface area contributed by atoms with Gasteiger partial charge in [0.25, 0.3) is 10.0 Å². The van der Waals surface area contributed by atoms with Gasteiger partial charge in [0.05, 0.1) is 0 Å². The van der Waals surface area contributed by atoms with Gasteiger partial charge in [-0.05, 0) is 18.2 Å². The maximum Gasteiger partial charge on any atom is 0.331 e. The molecule has 2 N–H and O–H groups in total. The molecule has 17 heavy (non-hydrogen) atoms. The Morgan fingerprint density at radius 2 is 2.18 bits per heavy atom. The van der Waals surface area contributed by atoms with Crippen LogP contribution in [-0.2, 0) is 19.7 Å². The standard InChI is InChI=1S/C8H7BrFNO5S/c9-5-1-2-7(6(10)3-5)17(14,15)11-16-4-8(12)13/h1-3,11H,4H2,(H,12,13). The average molecular weight is 328 g/mol. The highest BCUT2D eigenvalue weighted by atomic mass is 79.9. The Hall–Kier alpha value is -1.03. The number of carboxylic acid groups (broad SMARTS) is 1. The number of halogens is 2. The molecule has 1 aromatic rings. The smallest absolute Gasteiger partial charge is 0.331 e. The Bertz CT molecular complexity index is 533. The van der Waals surface area contributed by atoms with E-state index in [1.165, 1.54) is 11.0 Å². The topological polar surface area (TPSA) is 92.7 Å². The molecule has 1 aromatic carbocycles. The summed E-state index contributed by atoms with van der Waals surface area (Å²) in [6, 6.07) is 3.31. The van der Waals surface area contributed by atoms with Gasteiger partial charge in [-0.1, -0.05) is 20.8 Å². The first-order chi connectivity index (χ1) is 7.83. The molecule has 0 bridgehead atoms. The first-order valence-corrected chi connectivity index (χ1v) is 6.41. The Kier molecular flexibility index (Phi) is 4.57. The molecule has 0 aliphatic rings. The predicted molar refractivity (Wildman–Crippen MR) is 58.0 cm³/mol. The van der Waals surface area contributed by atoms with Crippen LogP contribution < -0.4 is 4.89 Å². The molecule has 0 aliphatic carbocycles. The largest absolute Gasteiger partial charge is 0.479 e. The van der Waals surface area contributed by atoms with Crippen LogP contribution in [0.3, 0.4) is 0 Å². The van der Waals surface area contributed by atoms with Crippen molar-refractivity contribution in [3.05, 3.63) is 28.5 Å². The number of carbonyl (C=O) groups is 1. The minimum atomic E-state index is -4.23. The maximum absolute atomic E-state index is 13.3. The lowest BCUT2D eigenvalue weighted by Gasteiger charge is -2.06. The molecule has 0 amide bonds. The van der Waals surface area contributed by atoms with Gasteiger partial charge in [-0.15, -0.1) is 0 Å². The molecule has 0 saturated heterocycles. The number of hydrogen-bond donors (Lipinski definition) is 2. The van der Waals surface area contributed by atoms with Gasteiger partial charge in [-0.2, -0.15) is 0 Å². The van der Waals surface area contributed by atoms with Crippen molar-refractivity contribution in [2.75, 3.05) is 6.61 Å². The molecule has 0 radical (unpaired) electrons. The first kappa shape index (κ1) is 14.0. The van der Waals surface area contributed by atoms with Gasteiger partial charge in [0.2, 0.25) is 0 Å². The molecule has 0 saturated carbocycles. The fourth-order valence-corrected chi connectivity index (χ4v) is 2.11. The van der Waals surface area contributed by atoms with Crippen LogP contribution in [0.2, 0.25) is 0 Å². The van der Waals surface area contributed by atoms with Gasteiger partial charge < -0.3 is 5.11 Å². The number of hydrogen-bond acceptors (Lipinski definition) is 4. The third-order valence-corrected chi connectivity index (χ3v) is 3.29. The van der Waals surface area contributed by atoms with Crippen molar-refractivity contribution in [3.8, 4) is 0 Å². The summed E-state index contributed by atoms with van der Waals surface area (Å²) in [7, 11) is -4.23. The molecule has 94 valence electrons. The Labute approximate surface area is 105 Å². The highest BCUT2D eigenvalue weighted by molar-refractivity contribution is 9.10. The number of nitrogens with one attached hydrogen (secondary N) is 1. The second-order valence-corrected chi connectivity index (χ2v) is 5.37. The molecule has 0 spiro atoms. The molecule has 0 aliphatic heterocycles. The van der Waals surface area contributed by atoms with Crippen molar-refractivity contribution in [2.45, 2.75) is 4.90 Å². The van der Waals surface area contributed by atoms with Gasteiger partial charge in [-0.25, -0.2) is 17.6 Å². The molecule has 9 heteroatoms. The summed E-state index contributed by atoms with van der Waals surface area (Å²) in [6.07, 6.45) is 0. The minimum Gasteiger partial charge on any atom is -0.479 e. The van der Waals surface area contributed by atoms with Crippen molar-refractivity contribution < 1.29 is 27.5 Å². The van der Waals surface area contributed by atoms with E-state index in [1.807, 2.05) is 0 Å². The Morgan fingerprint density at radius 3 is 2.71 bits per heavy atom. The van der Waals surface area contributed by atoms with Crippen LogP contribution in [0.15, 0.2) is 27.6 Å². The lowest BCUT2D eigenvalue weighted by Crippen LogP contribution is -2.27. The highest BCUT2D eigenvalue weighted by Crippen LogP contribution is 2.19. The van der Waals surface area contributed by atoms with E-state index in [0.717, 1.165) is 12.1 Å². The molecule has 6 nitrogen and oxygen atoms in total. The van der Waals surface area contributed by atoms with Gasteiger partial charge in [0, 0.05) is 4.47 Å². The summed E-state index contributed by atoms with van der Waals surface area (Å²) in [5, 5.41) is 8.23. The molecule has 1 rings (SSSR count). The van der Waals surface area contributed by atoms with Crippen LogP contribution >= 0.6 is 15.9 Å². The second-order valence-electron chi connectivity index (χ2n) is 2.84. The minimum absolute atomic E-state index is 0.375. The predicted octanol–water partition coefficient (Wildman–Crippen LogP) is 0.883. The summed E-state index contributed by atoms with van der Waals surface area (Å²) in [5.41, 5.74) is 0. The van der Waals surface area contributed by atoms with Gasteiger partial charge in [0.1, 0.15) is 10.7 Å². The normalized spacial score (nSPS) is 11.4. The summed E-state index contributed by atoms with van der Waals surface area (Å²) in [4.78, 5) is 15.1. The van der Waals surface area contributed by atoms with Crippen LogP contribution in [0.5, 0.6) is 0 Å². The zero-order valence-electron chi connectivity index (χ0n) is 8.18. The van der Waals surface area contributed by atoms with Crippen molar-refractivity contribution in [1.82, 2.24) is 4.89 Å². The van der Waals surface area contributed by atoms with Gasteiger partial charge >= 0.3 is 5.97 Å².